The highest BCUT2D eigenvalue weighted by Gasteiger charge is 2.09. The van der Waals surface area contributed by atoms with E-state index in [-0.39, 0.29) is 5.91 Å². The number of nitrogens with two attached hydrogens (primary N) is 1. The van der Waals surface area contributed by atoms with E-state index in [1.54, 1.807) is 24.5 Å². The average Bonchev–Trinajstić information content (AvgIpc) is 2.37. The van der Waals surface area contributed by atoms with Crippen molar-refractivity contribution in [2.75, 3.05) is 5.73 Å². The van der Waals surface area contributed by atoms with Crippen LogP contribution in [-0.2, 0) is 6.54 Å². The van der Waals surface area contributed by atoms with Crippen molar-refractivity contribution in [1.82, 2.24) is 10.3 Å². The third-order valence-electron chi connectivity index (χ3n) is 3.03. The summed E-state index contributed by atoms with van der Waals surface area (Å²) >= 11 is 0. The third kappa shape index (κ3) is 3.10. The first kappa shape index (κ1) is 13.1. The number of rotatable bonds is 3. The highest BCUT2D eigenvalue weighted by Crippen LogP contribution is 2.14. The van der Waals surface area contributed by atoms with Crippen LogP contribution in [0.1, 0.15) is 27.0 Å². The quantitative estimate of drug-likeness (QED) is 0.826. The summed E-state index contributed by atoms with van der Waals surface area (Å²) in [6.45, 7) is 4.38. The minimum absolute atomic E-state index is 0.159. The SMILES string of the molecule is Cc1ccc(C(=O)NCc2ccncc2C)c(N)c1. The Morgan fingerprint density at radius 3 is 2.79 bits per heavy atom. The van der Waals surface area contributed by atoms with Crippen molar-refractivity contribution in [2.24, 2.45) is 0 Å². The first-order valence-electron chi connectivity index (χ1n) is 6.12. The predicted molar refractivity (Wildman–Crippen MR) is 75.7 cm³/mol. The number of aromatic nitrogens is 1. The first-order chi connectivity index (χ1) is 9.08. The number of nitrogens with zero attached hydrogens (tertiary/aromatic N) is 1. The summed E-state index contributed by atoms with van der Waals surface area (Å²) < 4.78 is 0. The number of nitrogen functional groups attached to an aromatic ring is 1. The molecule has 1 aromatic heterocycles. The Labute approximate surface area is 112 Å². The van der Waals surface area contributed by atoms with Crippen molar-refractivity contribution in [2.45, 2.75) is 20.4 Å². The van der Waals surface area contributed by atoms with E-state index in [2.05, 4.69) is 10.3 Å². The van der Waals surface area contributed by atoms with Gasteiger partial charge in [-0.1, -0.05) is 6.07 Å². The molecule has 2 rings (SSSR count). The van der Waals surface area contributed by atoms with Crippen molar-refractivity contribution in [3.05, 3.63) is 58.9 Å². The van der Waals surface area contributed by atoms with Crippen LogP contribution < -0.4 is 11.1 Å². The monoisotopic (exact) mass is 255 g/mol. The molecule has 0 aliphatic heterocycles. The summed E-state index contributed by atoms with van der Waals surface area (Å²) in [7, 11) is 0. The van der Waals surface area contributed by atoms with E-state index in [0.29, 0.717) is 17.8 Å². The Balaban J connectivity index is 2.08. The van der Waals surface area contributed by atoms with Crippen molar-refractivity contribution in [3.8, 4) is 0 Å². The molecular formula is C15H17N3O. The van der Waals surface area contributed by atoms with Gasteiger partial charge < -0.3 is 11.1 Å². The number of amides is 1. The van der Waals surface area contributed by atoms with Gasteiger partial charge in [-0.25, -0.2) is 0 Å². The molecule has 1 aromatic carbocycles. The molecule has 4 nitrogen and oxygen atoms in total. The summed E-state index contributed by atoms with van der Waals surface area (Å²) in [5, 5.41) is 2.87. The lowest BCUT2D eigenvalue weighted by molar-refractivity contribution is 0.0952. The number of nitrogens with one attached hydrogen (secondary N) is 1. The van der Waals surface area contributed by atoms with Crippen LogP contribution in [0.3, 0.4) is 0 Å². The van der Waals surface area contributed by atoms with Gasteiger partial charge >= 0.3 is 0 Å². The van der Waals surface area contributed by atoms with Gasteiger partial charge in [0.05, 0.1) is 5.56 Å². The molecule has 0 radical (unpaired) electrons. The molecule has 19 heavy (non-hydrogen) atoms. The molecule has 0 unspecified atom stereocenters. The molecule has 0 saturated carbocycles. The van der Waals surface area contributed by atoms with E-state index in [4.69, 9.17) is 5.73 Å². The number of aryl methyl sites for hydroxylation is 2. The fourth-order valence-electron chi connectivity index (χ4n) is 1.86. The number of pyridine rings is 1. The number of carbonyl (C=O) groups excluding carboxylic acids is 1. The van der Waals surface area contributed by atoms with Gasteiger partial charge in [0.2, 0.25) is 0 Å². The summed E-state index contributed by atoms with van der Waals surface area (Å²) in [6, 6.07) is 7.32. The number of hydrogen-bond donors (Lipinski definition) is 2. The van der Waals surface area contributed by atoms with Crippen LogP contribution in [0.2, 0.25) is 0 Å². The maximum Gasteiger partial charge on any atom is 0.253 e. The molecule has 3 N–H and O–H groups in total. The maximum absolute atomic E-state index is 12.1. The van der Waals surface area contributed by atoms with Crippen LogP contribution in [0, 0.1) is 13.8 Å². The summed E-state index contributed by atoms with van der Waals surface area (Å²) in [6.07, 6.45) is 3.50. The standard InChI is InChI=1S/C15H17N3O/c1-10-3-4-13(14(16)7-10)15(19)18-9-12-5-6-17-8-11(12)2/h3-8H,9,16H2,1-2H3,(H,18,19). The molecule has 0 aliphatic rings. The molecule has 1 amide bonds. The van der Waals surface area contributed by atoms with E-state index >= 15 is 0 Å². The van der Waals surface area contributed by atoms with Gasteiger partial charge in [-0.2, -0.15) is 0 Å². The van der Waals surface area contributed by atoms with Gasteiger partial charge in [-0.3, -0.25) is 9.78 Å². The predicted octanol–water partition coefficient (Wildman–Crippen LogP) is 2.21. The molecular weight excluding hydrogens is 238 g/mol. The Bertz CT molecular complexity index is 608. The maximum atomic E-state index is 12.1. The fourth-order valence-corrected chi connectivity index (χ4v) is 1.86. The molecule has 2 aromatic rings. The van der Waals surface area contributed by atoms with Gasteiger partial charge in [-0.05, 0) is 48.7 Å². The molecule has 98 valence electrons. The zero-order valence-electron chi connectivity index (χ0n) is 11.1. The second kappa shape index (κ2) is 5.52. The van der Waals surface area contributed by atoms with E-state index < -0.39 is 0 Å². The van der Waals surface area contributed by atoms with Crippen LogP contribution in [0.5, 0.6) is 0 Å². The van der Waals surface area contributed by atoms with Crippen molar-refractivity contribution < 1.29 is 4.79 Å². The van der Waals surface area contributed by atoms with E-state index in [0.717, 1.165) is 16.7 Å². The average molecular weight is 255 g/mol. The fraction of sp³-hybridized carbons (Fsp3) is 0.200. The van der Waals surface area contributed by atoms with E-state index in [9.17, 15) is 4.79 Å². The van der Waals surface area contributed by atoms with Crippen LogP contribution in [0.4, 0.5) is 5.69 Å². The Morgan fingerprint density at radius 1 is 1.32 bits per heavy atom. The minimum atomic E-state index is -0.159. The van der Waals surface area contributed by atoms with Gasteiger partial charge in [0.15, 0.2) is 0 Å². The molecule has 1 heterocycles. The molecule has 0 bridgehead atoms. The molecule has 0 saturated heterocycles. The van der Waals surface area contributed by atoms with E-state index in [1.165, 1.54) is 0 Å². The molecule has 0 atom stereocenters. The smallest absolute Gasteiger partial charge is 0.253 e. The normalized spacial score (nSPS) is 10.2. The van der Waals surface area contributed by atoms with Crippen LogP contribution >= 0.6 is 0 Å². The molecule has 0 spiro atoms. The highest BCUT2D eigenvalue weighted by molar-refractivity contribution is 5.99. The van der Waals surface area contributed by atoms with Crippen molar-refractivity contribution in [1.29, 1.82) is 0 Å². The zero-order chi connectivity index (χ0) is 13.8. The lowest BCUT2D eigenvalue weighted by Gasteiger charge is -2.09. The molecule has 0 fully saturated rings. The van der Waals surface area contributed by atoms with Crippen molar-refractivity contribution in [3.63, 3.8) is 0 Å². The Kier molecular flexibility index (Phi) is 3.80. The zero-order valence-corrected chi connectivity index (χ0v) is 11.1. The summed E-state index contributed by atoms with van der Waals surface area (Å²) in [5.41, 5.74) is 10.0. The third-order valence-corrected chi connectivity index (χ3v) is 3.03. The van der Waals surface area contributed by atoms with Crippen LogP contribution in [0.25, 0.3) is 0 Å². The number of hydrogen-bond acceptors (Lipinski definition) is 3. The number of anilines is 1. The van der Waals surface area contributed by atoms with Gasteiger partial charge in [0, 0.05) is 24.6 Å². The Morgan fingerprint density at radius 2 is 2.11 bits per heavy atom. The Hall–Kier alpha value is -2.36. The lowest BCUT2D eigenvalue weighted by Crippen LogP contribution is -2.24. The van der Waals surface area contributed by atoms with E-state index in [1.807, 2.05) is 26.0 Å². The molecule has 0 aliphatic carbocycles. The first-order valence-corrected chi connectivity index (χ1v) is 6.12. The summed E-state index contributed by atoms with van der Waals surface area (Å²) in [5.74, 6) is -0.159. The van der Waals surface area contributed by atoms with Crippen molar-refractivity contribution >= 4 is 11.6 Å². The van der Waals surface area contributed by atoms with Crippen LogP contribution in [-0.4, -0.2) is 10.9 Å². The van der Waals surface area contributed by atoms with Gasteiger partial charge in [0.25, 0.3) is 5.91 Å². The largest absolute Gasteiger partial charge is 0.398 e. The summed E-state index contributed by atoms with van der Waals surface area (Å²) in [4.78, 5) is 16.1. The minimum Gasteiger partial charge on any atom is -0.398 e. The second-order valence-electron chi connectivity index (χ2n) is 4.58. The molecule has 4 heteroatoms. The van der Waals surface area contributed by atoms with Gasteiger partial charge in [0.1, 0.15) is 0 Å². The van der Waals surface area contributed by atoms with Gasteiger partial charge in [-0.15, -0.1) is 0 Å². The second-order valence-corrected chi connectivity index (χ2v) is 4.58. The van der Waals surface area contributed by atoms with Crippen LogP contribution in [0.15, 0.2) is 36.7 Å². The highest BCUT2D eigenvalue weighted by atomic mass is 16.1. The number of benzene rings is 1. The number of carbonyl (C=O) groups is 1. The lowest BCUT2D eigenvalue weighted by atomic mass is 10.1. The topological polar surface area (TPSA) is 68.0 Å².